The number of thiazole rings is 1. The predicted molar refractivity (Wildman–Crippen MR) is 144 cm³/mol. The molecule has 2 aliphatic rings. The molecule has 3 aromatic rings. The number of benzene rings is 2. The Morgan fingerprint density at radius 1 is 1.09 bits per heavy atom. The van der Waals surface area contributed by atoms with Gasteiger partial charge in [0, 0.05) is 29.6 Å². The molecule has 2 unspecified atom stereocenters. The zero-order chi connectivity index (χ0) is 24.2. The van der Waals surface area contributed by atoms with Crippen LogP contribution >= 0.6 is 11.3 Å². The highest BCUT2D eigenvalue weighted by Crippen LogP contribution is 2.40. The fourth-order valence-electron chi connectivity index (χ4n) is 5.21. The van der Waals surface area contributed by atoms with E-state index in [-0.39, 0.29) is 0 Å². The van der Waals surface area contributed by atoms with Crippen LogP contribution < -0.4 is 16.8 Å². The molecule has 2 atom stereocenters. The molecular formula is C28H35N5OS. The van der Waals surface area contributed by atoms with Gasteiger partial charge < -0.3 is 21.7 Å². The minimum Gasteiger partial charge on any atom is -0.398 e. The van der Waals surface area contributed by atoms with Gasteiger partial charge in [0.05, 0.1) is 10.7 Å². The number of hydrogen-bond donors (Lipinski definition) is 3. The highest BCUT2D eigenvalue weighted by Gasteiger charge is 2.38. The van der Waals surface area contributed by atoms with Gasteiger partial charge in [0.1, 0.15) is 4.88 Å². The second kappa shape index (κ2) is 10.9. The number of hydrogen-bond acceptors (Lipinski definition) is 6. The normalized spacial score (nSPS) is 20.7. The number of aromatic nitrogens is 1. The van der Waals surface area contributed by atoms with Gasteiger partial charge in [-0.2, -0.15) is 0 Å². The van der Waals surface area contributed by atoms with Gasteiger partial charge in [-0.1, -0.05) is 48.5 Å². The number of amides is 1. The van der Waals surface area contributed by atoms with Crippen LogP contribution in [0.15, 0.2) is 54.6 Å². The fourth-order valence-corrected chi connectivity index (χ4v) is 6.18. The molecule has 1 saturated heterocycles. The summed E-state index contributed by atoms with van der Waals surface area (Å²) in [5.74, 6) is 1.04. The number of nitrogens with two attached hydrogens (primary N) is 2. The SMILES string of the molecule is NC(=O)c1sc(CCCN2CCC(CNC3CC3c3ccccc3)CC2)nc1-c1ccccc1N. The number of anilines is 1. The number of piperidine rings is 1. The standard InChI is InChI=1S/C28H35N5OS/c29-23-10-5-4-9-21(23)26-27(28(30)34)35-25(32-26)11-6-14-33-15-12-19(13-16-33)18-31-24-17-22(24)20-7-2-1-3-8-20/h1-5,7-10,19,22,24,31H,6,11-18,29H2,(H2,30,34). The van der Waals surface area contributed by atoms with E-state index in [0.29, 0.717) is 28.2 Å². The molecule has 2 heterocycles. The lowest BCUT2D eigenvalue weighted by Crippen LogP contribution is -2.38. The molecule has 7 heteroatoms. The van der Waals surface area contributed by atoms with Gasteiger partial charge in [0.2, 0.25) is 0 Å². The number of nitrogens with one attached hydrogen (secondary N) is 1. The number of carbonyl (C=O) groups is 1. The van der Waals surface area contributed by atoms with Crippen LogP contribution in [-0.2, 0) is 6.42 Å². The molecular weight excluding hydrogens is 454 g/mol. The largest absolute Gasteiger partial charge is 0.398 e. The Bertz CT molecular complexity index is 1140. The minimum atomic E-state index is -0.441. The summed E-state index contributed by atoms with van der Waals surface area (Å²) in [5.41, 5.74) is 15.2. The molecule has 0 bridgehead atoms. The third-order valence-corrected chi connectivity index (χ3v) is 8.50. The Kier molecular flexibility index (Phi) is 7.46. The second-order valence-electron chi connectivity index (χ2n) is 9.89. The Labute approximate surface area is 211 Å². The van der Waals surface area contributed by atoms with Gasteiger partial charge in [0.25, 0.3) is 5.91 Å². The van der Waals surface area contributed by atoms with Crippen LogP contribution in [0.5, 0.6) is 0 Å². The van der Waals surface area contributed by atoms with Crippen molar-refractivity contribution in [2.24, 2.45) is 11.7 Å². The van der Waals surface area contributed by atoms with E-state index in [4.69, 9.17) is 16.5 Å². The number of carbonyl (C=O) groups excluding carboxylic acids is 1. The topological polar surface area (TPSA) is 97.3 Å². The number of primary amides is 1. The summed E-state index contributed by atoms with van der Waals surface area (Å²) in [4.78, 5) is 19.8. The minimum absolute atomic E-state index is 0.441. The first-order chi connectivity index (χ1) is 17.1. The average Bonchev–Trinajstić information content (AvgIpc) is 3.54. The summed E-state index contributed by atoms with van der Waals surface area (Å²) in [7, 11) is 0. The number of para-hydroxylation sites is 1. The van der Waals surface area contributed by atoms with Crippen LogP contribution in [0.3, 0.4) is 0 Å². The fraction of sp³-hybridized carbons (Fsp3) is 0.429. The molecule has 5 N–H and O–H groups in total. The lowest BCUT2D eigenvalue weighted by atomic mass is 9.96. The van der Waals surface area contributed by atoms with E-state index in [2.05, 4.69) is 40.5 Å². The first-order valence-electron chi connectivity index (χ1n) is 12.7. The van der Waals surface area contributed by atoms with Gasteiger partial charge in [-0.3, -0.25) is 4.79 Å². The van der Waals surface area contributed by atoms with Crippen LogP contribution in [-0.4, -0.2) is 48.0 Å². The Morgan fingerprint density at radius 2 is 1.83 bits per heavy atom. The molecule has 184 valence electrons. The molecule has 35 heavy (non-hydrogen) atoms. The highest BCUT2D eigenvalue weighted by atomic mass is 32.1. The zero-order valence-electron chi connectivity index (χ0n) is 20.2. The molecule has 1 saturated carbocycles. The van der Waals surface area contributed by atoms with Crippen molar-refractivity contribution < 1.29 is 4.79 Å². The molecule has 1 aromatic heterocycles. The van der Waals surface area contributed by atoms with Crippen molar-refractivity contribution in [2.45, 2.75) is 44.1 Å². The predicted octanol–water partition coefficient (Wildman–Crippen LogP) is 4.28. The van der Waals surface area contributed by atoms with Crippen LogP contribution in [0, 0.1) is 5.92 Å². The Hall–Kier alpha value is -2.74. The van der Waals surface area contributed by atoms with Crippen molar-refractivity contribution in [1.29, 1.82) is 0 Å². The molecule has 1 amide bonds. The highest BCUT2D eigenvalue weighted by molar-refractivity contribution is 7.14. The Morgan fingerprint density at radius 3 is 2.57 bits per heavy atom. The molecule has 0 radical (unpaired) electrons. The molecule has 6 nitrogen and oxygen atoms in total. The van der Waals surface area contributed by atoms with E-state index >= 15 is 0 Å². The van der Waals surface area contributed by atoms with Crippen LogP contribution in [0.1, 0.15) is 51.8 Å². The molecule has 0 spiro atoms. The number of nitrogens with zero attached hydrogens (tertiary/aromatic N) is 2. The van der Waals surface area contributed by atoms with Crippen LogP contribution in [0.2, 0.25) is 0 Å². The third-order valence-electron chi connectivity index (χ3n) is 7.37. The molecule has 2 fully saturated rings. The number of nitrogen functional groups attached to an aromatic ring is 1. The number of rotatable bonds is 10. The lowest BCUT2D eigenvalue weighted by molar-refractivity contribution is 0.100. The zero-order valence-corrected chi connectivity index (χ0v) is 21.0. The third kappa shape index (κ3) is 5.92. The quantitative estimate of drug-likeness (QED) is 0.369. The van der Waals surface area contributed by atoms with Crippen LogP contribution in [0.25, 0.3) is 11.3 Å². The summed E-state index contributed by atoms with van der Waals surface area (Å²) >= 11 is 1.40. The van der Waals surface area contributed by atoms with E-state index in [1.54, 1.807) is 0 Å². The van der Waals surface area contributed by atoms with E-state index in [1.165, 1.54) is 36.2 Å². The molecule has 2 aromatic carbocycles. The maximum atomic E-state index is 12.0. The van der Waals surface area contributed by atoms with E-state index < -0.39 is 5.91 Å². The Balaban J connectivity index is 1.05. The van der Waals surface area contributed by atoms with Crippen molar-refractivity contribution in [1.82, 2.24) is 15.2 Å². The van der Waals surface area contributed by atoms with Crippen molar-refractivity contribution in [3.63, 3.8) is 0 Å². The summed E-state index contributed by atoms with van der Waals surface area (Å²) < 4.78 is 0. The number of likely N-dealkylation sites (tertiary alicyclic amines) is 1. The summed E-state index contributed by atoms with van der Waals surface area (Å²) in [5, 5.41) is 4.77. The summed E-state index contributed by atoms with van der Waals surface area (Å²) in [6, 6.07) is 19.0. The second-order valence-corrected chi connectivity index (χ2v) is 11.0. The van der Waals surface area contributed by atoms with E-state index in [9.17, 15) is 4.79 Å². The molecule has 1 aliphatic carbocycles. The van der Waals surface area contributed by atoms with E-state index in [0.717, 1.165) is 55.5 Å². The van der Waals surface area contributed by atoms with Gasteiger partial charge in [-0.15, -0.1) is 11.3 Å². The van der Waals surface area contributed by atoms with Gasteiger partial charge >= 0.3 is 0 Å². The summed E-state index contributed by atoms with van der Waals surface area (Å²) in [6.45, 7) is 4.53. The smallest absolute Gasteiger partial charge is 0.261 e. The van der Waals surface area contributed by atoms with Crippen molar-refractivity contribution in [3.05, 3.63) is 70.0 Å². The van der Waals surface area contributed by atoms with Crippen molar-refractivity contribution >= 4 is 22.9 Å². The molecule has 1 aliphatic heterocycles. The van der Waals surface area contributed by atoms with Gasteiger partial charge in [-0.25, -0.2) is 4.98 Å². The monoisotopic (exact) mass is 489 g/mol. The number of aryl methyl sites for hydroxylation is 1. The van der Waals surface area contributed by atoms with Crippen molar-refractivity contribution in [2.75, 3.05) is 31.9 Å². The first kappa shape index (κ1) is 24.0. The van der Waals surface area contributed by atoms with Crippen molar-refractivity contribution in [3.8, 4) is 11.3 Å². The average molecular weight is 490 g/mol. The maximum absolute atomic E-state index is 12.0. The van der Waals surface area contributed by atoms with Crippen LogP contribution in [0.4, 0.5) is 5.69 Å². The first-order valence-corrected chi connectivity index (χ1v) is 13.5. The maximum Gasteiger partial charge on any atom is 0.261 e. The van der Waals surface area contributed by atoms with Gasteiger partial charge in [0.15, 0.2) is 0 Å². The summed E-state index contributed by atoms with van der Waals surface area (Å²) in [6.07, 6.45) is 5.67. The van der Waals surface area contributed by atoms with Gasteiger partial charge in [-0.05, 0) is 69.4 Å². The molecule has 5 rings (SSSR count). The van der Waals surface area contributed by atoms with E-state index in [1.807, 2.05) is 24.3 Å². The lowest BCUT2D eigenvalue weighted by Gasteiger charge is -2.32.